The monoisotopic (exact) mass is 250 g/mol. The minimum absolute atomic E-state index is 0.0289. The van der Waals surface area contributed by atoms with Gasteiger partial charge in [-0.2, -0.15) is 0 Å². The summed E-state index contributed by atoms with van der Waals surface area (Å²) in [5, 5.41) is 9.02. The van der Waals surface area contributed by atoms with Crippen molar-refractivity contribution in [3.05, 3.63) is 29.3 Å². The summed E-state index contributed by atoms with van der Waals surface area (Å²) in [5.41, 5.74) is 11.4. The van der Waals surface area contributed by atoms with Crippen LogP contribution < -0.4 is 11.5 Å². The van der Waals surface area contributed by atoms with Crippen LogP contribution in [0.2, 0.25) is 0 Å². The fourth-order valence-corrected chi connectivity index (χ4v) is 1.79. The Balaban J connectivity index is 2.81. The number of nitrogens with two attached hydrogens (primary N) is 2. The number of rotatable bonds is 7. The quantitative estimate of drug-likeness (QED) is 0.387. The Morgan fingerprint density at radius 3 is 2.50 bits per heavy atom. The van der Waals surface area contributed by atoms with E-state index in [1.165, 1.54) is 12.1 Å². The van der Waals surface area contributed by atoms with Crippen LogP contribution in [0.1, 0.15) is 46.4 Å². The predicted octanol–water partition coefficient (Wildman–Crippen LogP) is 1.67. The van der Waals surface area contributed by atoms with Crippen molar-refractivity contribution in [1.82, 2.24) is 0 Å². The number of Topliss-reactive ketones (excluding diaryl/α,β-unsaturated/α-hetero) is 1. The number of carboxylic acids is 1. The van der Waals surface area contributed by atoms with Crippen LogP contribution in [0.3, 0.4) is 0 Å². The van der Waals surface area contributed by atoms with E-state index in [-0.39, 0.29) is 22.6 Å². The van der Waals surface area contributed by atoms with Gasteiger partial charge in [0.15, 0.2) is 5.78 Å². The molecule has 0 fully saturated rings. The molecule has 18 heavy (non-hydrogen) atoms. The van der Waals surface area contributed by atoms with Gasteiger partial charge in [-0.1, -0.05) is 12.5 Å². The largest absolute Gasteiger partial charge is 0.478 e. The van der Waals surface area contributed by atoms with Crippen molar-refractivity contribution in [2.24, 2.45) is 5.73 Å². The van der Waals surface area contributed by atoms with E-state index in [1.807, 2.05) is 0 Å². The Kier molecular flexibility index (Phi) is 5.32. The lowest BCUT2D eigenvalue weighted by Gasteiger charge is -2.08. The molecule has 0 saturated carbocycles. The van der Waals surface area contributed by atoms with E-state index in [0.29, 0.717) is 19.4 Å². The van der Waals surface area contributed by atoms with Gasteiger partial charge < -0.3 is 16.6 Å². The lowest BCUT2D eigenvalue weighted by Crippen LogP contribution is -2.11. The second-order valence-corrected chi connectivity index (χ2v) is 4.10. The number of aromatic carboxylic acids is 1. The van der Waals surface area contributed by atoms with Crippen LogP contribution in [0, 0.1) is 0 Å². The molecule has 0 unspecified atom stereocenters. The summed E-state index contributed by atoms with van der Waals surface area (Å²) >= 11 is 0. The minimum atomic E-state index is -1.13. The van der Waals surface area contributed by atoms with Crippen molar-refractivity contribution in [3.63, 3.8) is 0 Å². The van der Waals surface area contributed by atoms with Crippen LogP contribution in [0.5, 0.6) is 0 Å². The number of nitrogen functional groups attached to an aromatic ring is 1. The van der Waals surface area contributed by atoms with Gasteiger partial charge in [-0.15, -0.1) is 0 Å². The molecule has 0 saturated heterocycles. The van der Waals surface area contributed by atoms with Crippen molar-refractivity contribution in [1.29, 1.82) is 0 Å². The number of carbonyl (C=O) groups is 2. The molecule has 0 heterocycles. The number of anilines is 1. The number of carboxylic acid groups (broad SMARTS) is 1. The van der Waals surface area contributed by atoms with Crippen LogP contribution in [0.15, 0.2) is 18.2 Å². The maximum Gasteiger partial charge on any atom is 0.336 e. The van der Waals surface area contributed by atoms with Crippen LogP contribution >= 0.6 is 0 Å². The summed E-state index contributed by atoms with van der Waals surface area (Å²) in [6.45, 7) is 0.599. The van der Waals surface area contributed by atoms with E-state index in [1.54, 1.807) is 6.07 Å². The molecule has 0 atom stereocenters. The summed E-state index contributed by atoms with van der Waals surface area (Å²) in [4.78, 5) is 23.0. The summed E-state index contributed by atoms with van der Waals surface area (Å²) in [6.07, 6.45) is 2.72. The normalized spacial score (nSPS) is 10.3. The number of ketones is 1. The minimum Gasteiger partial charge on any atom is -0.478 e. The van der Waals surface area contributed by atoms with Gasteiger partial charge in [0.1, 0.15) is 0 Å². The molecule has 0 bridgehead atoms. The van der Waals surface area contributed by atoms with Gasteiger partial charge in [0, 0.05) is 12.1 Å². The molecule has 1 rings (SSSR count). The Bertz CT molecular complexity index is 444. The molecular weight excluding hydrogens is 232 g/mol. The molecular formula is C13H18N2O3. The molecule has 98 valence electrons. The molecule has 0 aliphatic carbocycles. The number of benzene rings is 1. The summed E-state index contributed by atoms with van der Waals surface area (Å²) in [5.74, 6) is -1.35. The first-order chi connectivity index (χ1) is 8.57. The van der Waals surface area contributed by atoms with Gasteiger partial charge in [0.2, 0.25) is 0 Å². The highest BCUT2D eigenvalue weighted by Crippen LogP contribution is 2.20. The first-order valence-corrected chi connectivity index (χ1v) is 5.93. The first kappa shape index (κ1) is 14.2. The van der Waals surface area contributed by atoms with Gasteiger partial charge in [-0.05, 0) is 31.5 Å². The molecule has 0 aliphatic heterocycles. The summed E-state index contributed by atoms with van der Waals surface area (Å²) in [6, 6.07) is 4.47. The Morgan fingerprint density at radius 1 is 1.17 bits per heavy atom. The number of hydrogen-bond donors (Lipinski definition) is 3. The van der Waals surface area contributed by atoms with E-state index in [2.05, 4.69) is 0 Å². The first-order valence-electron chi connectivity index (χ1n) is 5.93. The van der Waals surface area contributed by atoms with E-state index < -0.39 is 5.97 Å². The van der Waals surface area contributed by atoms with Crippen molar-refractivity contribution in [2.45, 2.75) is 25.7 Å². The van der Waals surface area contributed by atoms with Crippen LogP contribution in [-0.2, 0) is 0 Å². The van der Waals surface area contributed by atoms with Crippen LogP contribution in [0.4, 0.5) is 5.69 Å². The third kappa shape index (κ3) is 3.56. The SMILES string of the molecule is NCCCCCC(=O)c1c(N)cccc1C(=O)O. The van der Waals surface area contributed by atoms with E-state index in [9.17, 15) is 9.59 Å². The average Bonchev–Trinajstić information content (AvgIpc) is 2.34. The zero-order valence-electron chi connectivity index (χ0n) is 10.2. The molecule has 0 amide bonds. The number of unbranched alkanes of at least 4 members (excludes halogenated alkanes) is 2. The third-order valence-electron chi connectivity index (χ3n) is 2.71. The topological polar surface area (TPSA) is 106 Å². The standard InChI is InChI=1S/C13H18N2O3/c14-8-3-1-2-7-11(16)12-9(13(17)18)5-4-6-10(12)15/h4-6H,1-3,7-8,14-15H2,(H,17,18). The van der Waals surface area contributed by atoms with Crippen LogP contribution in [0.25, 0.3) is 0 Å². The highest BCUT2D eigenvalue weighted by molar-refractivity contribution is 6.09. The van der Waals surface area contributed by atoms with E-state index in [4.69, 9.17) is 16.6 Å². The average molecular weight is 250 g/mol. The Hall–Kier alpha value is -1.88. The molecule has 1 aromatic carbocycles. The van der Waals surface area contributed by atoms with Gasteiger partial charge >= 0.3 is 5.97 Å². The zero-order chi connectivity index (χ0) is 13.5. The van der Waals surface area contributed by atoms with Gasteiger partial charge in [0.25, 0.3) is 0 Å². The Morgan fingerprint density at radius 2 is 1.89 bits per heavy atom. The van der Waals surface area contributed by atoms with Crippen LogP contribution in [-0.4, -0.2) is 23.4 Å². The van der Waals surface area contributed by atoms with Gasteiger partial charge in [-0.25, -0.2) is 4.79 Å². The lowest BCUT2D eigenvalue weighted by molar-refractivity contribution is 0.0692. The Labute approximate surface area is 106 Å². The van der Waals surface area contributed by atoms with Crippen molar-refractivity contribution >= 4 is 17.4 Å². The van der Waals surface area contributed by atoms with E-state index in [0.717, 1.165) is 12.8 Å². The van der Waals surface area contributed by atoms with Crippen molar-refractivity contribution in [2.75, 3.05) is 12.3 Å². The summed E-state index contributed by atoms with van der Waals surface area (Å²) in [7, 11) is 0. The molecule has 0 aromatic heterocycles. The number of carbonyl (C=O) groups excluding carboxylic acids is 1. The predicted molar refractivity (Wildman–Crippen MR) is 69.7 cm³/mol. The second-order valence-electron chi connectivity index (χ2n) is 4.10. The molecule has 0 aliphatic rings. The summed E-state index contributed by atoms with van der Waals surface area (Å²) < 4.78 is 0. The van der Waals surface area contributed by atoms with Gasteiger partial charge in [-0.3, -0.25) is 4.79 Å². The lowest BCUT2D eigenvalue weighted by atomic mass is 9.98. The molecule has 1 aromatic rings. The second kappa shape index (κ2) is 6.76. The molecule has 5 N–H and O–H groups in total. The fraction of sp³-hybridized carbons (Fsp3) is 0.385. The van der Waals surface area contributed by atoms with Crippen molar-refractivity contribution in [3.8, 4) is 0 Å². The fourth-order valence-electron chi connectivity index (χ4n) is 1.79. The van der Waals surface area contributed by atoms with Gasteiger partial charge in [0.05, 0.1) is 11.1 Å². The zero-order valence-corrected chi connectivity index (χ0v) is 10.2. The van der Waals surface area contributed by atoms with E-state index >= 15 is 0 Å². The molecule has 5 heteroatoms. The third-order valence-corrected chi connectivity index (χ3v) is 2.71. The number of hydrogen-bond acceptors (Lipinski definition) is 4. The highest BCUT2D eigenvalue weighted by atomic mass is 16.4. The maximum atomic E-state index is 12.0. The smallest absolute Gasteiger partial charge is 0.336 e. The molecule has 0 radical (unpaired) electrons. The van der Waals surface area contributed by atoms with Crippen molar-refractivity contribution < 1.29 is 14.7 Å². The highest BCUT2D eigenvalue weighted by Gasteiger charge is 2.18. The molecule has 0 spiro atoms. The molecule has 5 nitrogen and oxygen atoms in total. The maximum absolute atomic E-state index is 12.0.